The molecule has 1 aliphatic carbocycles. The number of aryl methyl sites for hydroxylation is 2. The summed E-state index contributed by atoms with van der Waals surface area (Å²) < 4.78 is 5.06. The summed E-state index contributed by atoms with van der Waals surface area (Å²) in [6.07, 6.45) is 7.43. The minimum Gasteiger partial charge on any atom is -0.382 e. The maximum absolute atomic E-state index is 12.7. The van der Waals surface area contributed by atoms with Gasteiger partial charge in [0.25, 0.3) is 5.91 Å². The van der Waals surface area contributed by atoms with Crippen LogP contribution in [0.1, 0.15) is 43.3 Å². The quantitative estimate of drug-likeness (QED) is 0.890. The summed E-state index contributed by atoms with van der Waals surface area (Å²) in [5.41, 5.74) is 3.82. The van der Waals surface area contributed by atoms with Crippen LogP contribution < -0.4 is 10.6 Å². The standard InChI is InChI=1S/C20H22N4O2/c1-12-22-18(24-26-12)14-4-6-16-13(10-14)5-7-17(16)23-19(25)15-8-9-21-20(2,3)11-15/h4,6,8-11,17,21H,5,7H2,1-3H3,(H,23,25)/t17-/m1/s1. The Bertz CT molecular complexity index is 924. The zero-order chi connectivity index (χ0) is 18.3. The van der Waals surface area contributed by atoms with Gasteiger partial charge >= 0.3 is 0 Å². The van der Waals surface area contributed by atoms with Crippen LogP contribution in [0.4, 0.5) is 0 Å². The molecule has 0 saturated carbocycles. The highest BCUT2D eigenvalue weighted by molar-refractivity contribution is 5.97. The Hall–Kier alpha value is -2.89. The van der Waals surface area contributed by atoms with Gasteiger partial charge in [-0.05, 0) is 62.2 Å². The number of nitrogens with zero attached hydrogens (tertiary/aromatic N) is 2. The summed E-state index contributed by atoms with van der Waals surface area (Å²) >= 11 is 0. The van der Waals surface area contributed by atoms with Crippen LogP contribution in [0.25, 0.3) is 11.4 Å². The maximum Gasteiger partial charge on any atom is 0.251 e. The fourth-order valence-corrected chi connectivity index (χ4v) is 3.53. The van der Waals surface area contributed by atoms with E-state index in [2.05, 4.69) is 32.9 Å². The Kier molecular flexibility index (Phi) is 3.90. The van der Waals surface area contributed by atoms with Gasteiger partial charge in [-0.25, -0.2) is 0 Å². The zero-order valence-corrected chi connectivity index (χ0v) is 15.2. The lowest BCUT2D eigenvalue weighted by Crippen LogP contribution is -2.38. The number of carbonyl (C=O) groups excluding carboxylic acids is 1. The molecule has 26 heavy (non-hydrogen) atoms. The molecule has 0 spiro atoms. The smallest absolute Gasteiger partial charge is 0.251 e. The van der Waals surface area contributed by atoms with Crippen molar-refractivity contribution in [3.63, 3.8) is 0 Å². The van der Waals surface area contributed by atoms with Gasteiger partial charge in [-0.15, -0.1) is 0 Å². The van der Waals surface area contributed by atoms with E-state index in [9.17, 15) is 4.79 Å². The summed E-state index contributed by atoms with van der Waals surface area (Å²) in [7, 11) is 0. The molecule has 6 heteroatoms. The average Bonchev–Trinajstić information content (AvgIpc) is 3.20. The van der Waals surface area contributed by atoms with Gasteiger partial charge in [-0.1, -0.05) is 17.3 Å². The molecule has 6 nitrogen and oxygen atoms in total. The van der Waals surface area contributed by atoms with Crippen molar-refractivity contribution in [3.8, 4) is 11.4 Å². The van der Waals surface area contributed by atoms with Gasteiger partial charge in [0.05, 0.1) is 11.6 Å². The van der Waals surface area contributed by atoms with Crippen LogP contribution in [0.3, 0.4) is 0 Å². The number of hydrogen-bond donors (Lipinski definition) is 2. The van der Waals surface area contributed by atoms with Crippen LogP contribution in [-0.4, -0.2) is 21.6 Å². The molecular formula is C20H22N4O2. The highest BCUT2D eigenvalue weighted by Gasteiger charge is 2.27. The first-order chi connectivity index (χ1) is 12.4. The molecule has 0 radical (unpaired) electrons. The molecule has 1 amide bonds. The second kappa shape index (κ2) is 6.12. The van der Waals surface area contributed by atoms with Crippen molar-refractivity contribution < 1.29 is 9.32 Å². The highest BCUT2D eigenvalue weighted by Crippen LogP contribution is 2.34. The van der Waals surface area contributed by atoms with E-state index in [-0.39, 0.29) is 17.5 Å². The van der Waals surface area contributed by atoms with E-state index >= 15 is 0 Å². The number of hydrogen-bond acceptors (Lipinski definition) is 5. The van der Waals surface area contributed by atoms with E-state index in [1.807, 2.05) is 38.3 Å². The summed E-state index contributed by atoms with van der Waals surface area (Å²) in [5, 5.41) is 10.4. The third-order valence-corrected chi connectivity index (χ3v) is 4.81. The molecule has 0 saturated heterocycles. The van der Waals surface area contributed by atoms with Crippen LogP contribution in [-0.2, 0) is 11.2 Å². The number of amides is 1. The lowest BCUT2D eigenvalue weighted by molar-refractivity contribution is -0.118. The fraction of sp³-hybridized carbons (Fsp3) is 0.350. The lowest BCUT2D eigenvalue weighted by atomic mass is 9.97. The molecule has 0 unspecified atom stereocenters. The summed E-state index contributed by atoms with van der Waals surface area (Å²) in [6.45, 7) is 5.85. The van der Waals surface area contributed by atoms with Crippen LogP contribution >= 0.6 is 0 Å². The molecular weight excluding hydrogens is 328 g/mol. The summed E-state index contributed by atoms with van der Waals surface area (Å²) in [5.74, 6) is 1.12. The summed E-state index contributed by atoms with van der Waals surface area (Å²) in [6, 6.07) is 6.18. The van der Waals surface area contributed by atoms with E-state index in [4.69, 9.17) is 4.52 Å². The molecule has 2 aliphatic rings. The van der Waals surface area contributed by atoms with Crippen molar-refractivity contribution in [2.24, 2.45) is 0 Å². The number of benzene rings is 1. The van der Waals surface area contributed by atoms with Crippen molar-refractivity contribution >= 4 is 5.91 Å². The molecule has 1 aromatic carbocycles. The van der Waals surface area contributed by atoms with Crippen LogP contribution in [0.2, 0.25) is 0 Å². The first-order valence-electron chi connectivity index (χ1n) is 8.83. The Morgan fingerprint density at radius 3 is 2.96 bits per heavy atom. The van der Waals surface area contributed by atoms with Gasteiger partial charge in [0.1, 0.15) is 0 Å². The van der Waals surface area contributed by atoms with Gasteiger partial charge in [-0.3, -0.25) is 4.79 Å². The Balaban J connectivity index is 1.52. The molecule has 1 aromatic heterocycles. The van der Waals surface area contributed by atoms with E-state index in [1.165, 1.54) is 11.1 Å². The minimum atomic E-state index is -0.216. The predicted octanol–water partition coefficient (Wildman–Crippen LogP) is 2.97. The largest absolute Gasteiger partial charge is 0.382 e. The predicted molar refractivity (Wildman–Crippen MR) is 98.1 cm³/mol. The maximum atomic E-state index is 12.7. The lowest BCUT2D eigenvalue weighted by Gasteiger charge is -2.26. The first-order valence-corrected chi connectivity index (χ1v) is 8.83. The number of rotatable bonds is 3. The van der Waals surface area contributed by atoms with Crippen molar-refractivity contribution in [3.05, 3.63) is 59.1 Å². The van der Waals surface area contributed by atoms with Crippen LogP contribution in [0.5, 0.6) is 0 Å². The topological polar surface area (TPSA) is 80.0 Å². The summed E-state index contributed by atoms with van der Waals surface area (Å²) in [4.78, 5) is 16.9. The number of carbonyl (C=O) groups is 1. The Morgan fingerprint density at radius 1 is 1.38 bits per heavy atom. The average molecular weight is 350 g/mol. The molecule has 0 fully saturated rings. The van der Waals surface area contributed by atoms with Crippen LogP contribution in [0.15, 0.2) is 46.6 Å². The second-order valence-electron chi connectivity index (χ2n) is 7.41. The van der Waals surface area contributed by atoms with E-state index < -0.39 is 0 Å². The third kappa shape index (κ3) is 3.14. The Morgan fingerprint density at radius 2 is 2.23 bits per heavy atom. The van der Waals surface area contributed by atoms with Crippen molar-refractivity contribution in [2.45, 2.75) is 45.2 Å². The molecule has 4 rings (SSSR count). The number of aromatic nitrogens is 2. The molecule has 1 aliphatic heterocycles. The minimum absolute atomic E-state index is 0.0332. The second-order valence-corrected chi connectivity index (χ2v) is 7.41. The molecule has 2 aromatic rings. The van der Waals surface area contributed by atoms with Crippen molar-refractivity contribution in [1.29, 1.82) is 0 Å². The van der Waals surface area contributed by atoms with Crippen molar-refractivity contribution in [2.75, 3.05) is 0 Å². The molecule has 2 heterocycles. The highest BCUT2D eigenvalue weighted by atomic mass is 16.5. The molecule has 2 N–H and O–H groups in total. The monoisotopic (exact) mass is 350 g/mol. The zero-order valence-electron chi connectivity index (χ0n) is 15.2. The fourth-order valence-electron chi connectivity index (χ4n) is 3.53. The van der Waals surface area contributed by atoms with E-state index in [1.54, 1.807) is 6.92 Å². The molecule has 134 valence electrons. The van der Waals surface area contributed by atoms with Gasteiger partial charge in [-0.2, -0.15) is 4.98 Å². The SMILES string of the molecule is Cc1nc(-c2ccc3c(c2)CC[C@H]3NC(=O)C2=CC(C)(C)NC=C2)no1. The van der Waals surface area contributed by atoms with Gasteiger partial charge in [0.15, 0.2) is 0 Å². The van der Waals surface area contributed by atoms with Crippen LogP contribution in [0, 0.1) is 6.92 Å². The first kappa shape index (κ1) is 16.6. The normalized spacial score (nSPS) is 20.3. The molecule has 1 atom stereocenters. The number of fused-ring (bicyclic) bond motifs is 1. The van der Waals surface area contributed by atoms with Gasteiger partial charge in [0.2, 0.25) is 11.7 Å². The van der Waals surface area contributed by atoms with Crippen molar-refractivity contribution in [1.82, 2.24) is 20.8 Å². The van der Waals surface area contributed by atoms with E-state index in [0.717, 1.165) is 18.4 Å². The Labute approximate surface area is 152 Å². The van der Waals surface area contributed by atoms with Gasteiger partial charge < -0.3 is 15.2 Å². The van der Waals surface area contributed by atoms with Gasteiger partial charge in [0, 0.05) is 18.1 Å². The van der Waals surface area contributed by atoms with E-state index in [0.29, 0.717) is 17.3 Å². The number of dihydropyridines is 1. The molecule has 0 bridgehead atoms. The third-order valence-electron chi connectivity index (χ3n) is 4.81. The number of nitrogens with one attached hydrogen (secondary N) is 2.